The van der Waals surface area contributed by atoms with E-state index in [9.17, 15) is 24.8 Å². The van der Waals surface area contributed by atoms with Crippen molar-refractivity contribution in [1.82, 2.24) is 9.66 Å². The number of benzene rings is 3. The Bertz CT molecular complexity index is 1690. The van der Waals surface area contributed by atoms with E-state index in [0.29, 0.717) is 27.9 Å². The van der Waals surface area contributed by atoms with Crippen LogP contribution in [0.25, 0.3) is 10.9 Å². The third-order valence-electron chi connectivity index (χ3n) is 6.89. The van der Waals surface area contributed by atoms with Crippen LogP contribution in [-0.2, 0) is 6.61 Å². The Morgan fingerprint density at radius 2 is 1.93 bits per heavy atom. The van der Waals surface area contributed by atoms with Crippen LogP contribution in [0.4, 0.5) is 5.69 Å². The van der Waals surface area contributed by atoms with Crippen molar-refractivity contribution in [3.05, 3.63) is 108 Å². The molecule has 11 heteroatoms. The van der Waals surface area contributed by atoms with Gasteiger partial charge in [-0.1, -0.05) is 53.4 Å². The zero-order valence-corrected chi connectivity index (χ0v) is 22.9. The Morgan fingerprint density at radius 1 is 1.15 bits per heavy atom. The number of halogens is 1. The van der Waals surface area contributed by atoms with Gasteiger partial charge in [-0.15, -0.1) is 0 Å². The average molecular weight is 605 g/mol. The molecule has 1 heterocycles. The fourth-order valence-corrected chi connectivity index (χ4v) is 5.28. The van der Waals surface area contributed by atoms with Crippen LogP contribution in [0.1, 0.15) is 65.3 Å². The minimum Gasteiger partial charge on any atom is -0.481 e. The van der Waals surface area contributed by atoms with Gasteiger partial charge in [-0.05, 0) is 54.8 Å². The summed E-state index contributed by atoms with van der Waals surface area (Å²) < 4.78 is 7.90. The average Bonchev–Trinajstić information content (AvgIpc) is 2.96. The van der Waals surface area contributed by atoms with E-state index < -0.39 is 10.9 Å². The van der Waals surface area contributed by atoms with Crippen molar-refractivity contribution in [2.24, 2.45) is 5.10 Å². The van der Waals surface area contributed by atoms with Gasteiger partial charge < -0.3 is 9.84 Å². The molecule has 0 unspecified atom stereocenters. The van der Waals surface area contributed by atoms with Crippen LogP contribution in [0.3, 0.4) is 0 Å². The number of para-hydroxylation sites is 1. The van der Waals surface area contributed by atoms with Gasteiger partial charge in [0.2, 0.25) is 5.75 Å². The number of aromatic nitrogens is 2. The Labute approximate surface area is 237 Å². The summed E-state index contributed by atoms with van der Waals surface area (Å²) in [6.45, 7) is -0.106. The molecule has 0 bridgehead atoms. The maximum atomic E-state index is 13.6. The second-order valence-corrected chi connectivity index (χ2v) is 10.5. The monoisotopic (exact) mass is 604 g/mol. The normalized spacial score (nSPS) is 14.0. The molecule has 3 aromatic carbocycles. The number of carboxylic acids is 1. The lowest BCUT2D eigenvalue weighted by Gasteiger charge is -2.22. The molecule has 4 aromatic rings. The Hall–Kier alpha value is -4.38. The van der Waals surface area contributed by atoms with Gasteiger partial charge in [-0.3, -0.25) is 14.9 Å². The Balaban J connectivity index is 1.57. The first-order valence-electron chi connectivity index (χ1n) is 12.8. The third-order valence-corrected chi connectivity index (χ3v) is 7.39. The lowest BCUT2D eigenvalue weighted by Crippen LogP contribution is -2.25. The van der Waals surface area contributed by atoms with Crippen LogP contribution >= 0.6 is 15.9 Å². The van der Waals surface area contributed by atoms with Crippen molar-refractivity contribution in [3.8, 4) is 5.75 Å². The molecular weight excluding hydrogens is 580 g/mol. The van der Waals surface area contributed by atoms with Crippen molar-refractivity contribution in [3.63, 3.8) is 0 Å². The predicted octanol–water partition coefficient (Wildman–Crippen LogP) is 6.27. The SMILES string of the molecule is O=C(O)c1cccc(COc2c(C=Nn3c(C4CCCCC4)nc4ccc(Br)cc4c3=O)cccc2[N+](=O)[O-])c1. The number of rotatable bonds is 8. The molecule has 1 aromatic heterocycles. The fourth-order valence-electron chi connectivity index (χ4n) is 4.92. The summed E-state index contributed by atoms with van der Waals surface area (Å²) in [5, 5.41) is 26.0. The van der Waals surface area contributed by atoms with E-state index in [1.54, 1.807) is 30.3 Å². The molecule has 10 nitrogen and oxygen atoms in total. The van der Waals surface area contributed by atoms with Crippen LogP contribution in [-0.4, -0.2) is 31.9 Å². The zero-order chi connectivity index (χ0) is 28.2. The Kier molecular flexibility index (Phi) is 8.01. The van der Waals surface area contributed by atoms with Crippen LogP contribution in [0.2, 0.25) is 0 Å². The van der Waals surface area contributed by atoms with Gasteiger partial charge in [0.25, 0.3) is 5.56 Å². The summed E-state index contributed by atoms with van der Waals surface area (Å²) in [4.78, 5) is 41.0. The molecule has 1 aliphatic rings. The molecule has 1 aliphatic carbocycles. The van der Waals surface area contributed by atoms with Crippen molar-refractivity contribution in [2.45, 2.75) is 44.6 Å². The molecule has 1 N–H and O–H groups in total. The largest absolute Gasteiger partial charge is 0.481 e. The molecule has 0 aliphatic heterocycles. The van der Waals surface area contributed by atoms with Crippen LogP contribution < -0.4 is 10.3 Å². The van der Waals surface area contributed by atoms with Gasteiger partial charge in [0, 0.05) is 22.0 Å². The summed E-state index contributed by atoms with van der Waals surface area (Å²) >= 11 is 3.41. The van der Waals surface area contributed by atoms with Crippen molar-refractivity contribution in [2.75, 3.05) is 0 Å². The number of carboxylic acid groups (broad SMARTS) is 1. The number of nitrogens with zero attached hydrogens (tertiary/aromatic N) is 4. The molecule has 204 valence electrons. The van der Waals surface area contributed by atoms with Crippen LogP contribution in [0, 0.1) is 10.1 Å². The van der Waals surface area contributed by atoms with E-state index in [0.717, 1.165) is 36.6 Å². The standard InChI is InChI=1S/C29H25BrN4O6/c30-22-12-13-24-23(15-22)28(35)33(27(32-24)19-7-2-1-3-8-19)31-16-21-10-5-11-25(34(38)39)26(21)40-17-18-6-4-9-20(14-18)29(36)37/h4-6,9-16,19H,1-3,7-8,17H2,(H,36,37). The number of ether oxygens (including phenoxy) is 1. The van der Waals surface area contributed by atoms with E-state index in [4.69, 9.17) is 9.72 Å². The van der Waals surface area contributed by atoms with Crippen LogP contribution in [0.5, 0.6) is 5.75 Å². The summed E-state index contributed by atoms with van der Waals surface area (Å²) in [7, 11) is 0. The number of nitro benzene ring substituents is 1. The fraction of sp³-hybridized carbons (Fsp3) is 0.241. The molecule has 0 saturated heterocycles. The minimum absolute atomic E-state index is 0.0410. The number of aromatic carboxylic acids is 1. The zero-order valence-electron chi connectivity index (χ0n) is 21.3. The van der Waals surface area contributed by atoms with Gasteiger partial charge >= 0.3 is 11.7 Å². The Morgan fingerprint density at radius 3 is 2.67 bits per heavy atom. The second kappa shape index (κ2) is 11.8. The maximum Gasteiger partial charge on any atom is 0.335 e. The molecule has 5 rings (SSSR count). The smallest absolute Gasteiger partial charge is 0.335 e. The molecule has 0 atom stereocenters. The molecule has 1 fully saturated rings. The highest BCUT2D eigenvalue weighted by Gasteiger charge is 2.23. The number of hydrogen-bond acceptors (Lipinski definition) is 7. The predicted molar refractivity (Wildman–Crippen MR) is 153 cm³/mol. The highest BCUT2D eigenvalue weighted by atomic mass is 79.9. The van der Waals surface area contributed by atoms with E-state index >= 15 is 0 Å². The lowest BCUT2D eigenvalue weighted by atomic mass is 9.88. The summed E-state index contributed by atoms with van der Waals surface area (Å²) in [6, 6.07) is 15.9. The molecule has 1 saturated carbocycles. The number of nitro groups is 1. The van der Waals surface area contributed by atoms with E-state index in [1.165, 1.54) is 35.2 Å². The molecule has 0 radical (unpaired) electrons. The third kappa shape index (κ3) is 5.79. The first-order valence-corrected chi connectivity index (χ1v) is 13.6. The number of fused-ring (bicyclic) bond motifs is 1. The number of carbonyl (C=O) groups is 1. The van der Waals surface area contributed by atoms with E-state index in [1.807, 2.05) is 6.07 Å². The first-order chi connectivity index (χ1) is 19.3. The van der Waals surface area contributed by atoms with Crippen molar-refractivity contribution in [1.29, 1.82) is 0 Å². The topological polar surface area (TPSA) is 137 Å². The van der Waals surface area contributed by atoms with Crippen molar-refractivity contribution >= 4 is 44.7 Å². The lowest BCUT2D eigenvalue weighted by molar-refractivity contribution is -0.385. The summed E-state index contributed by atoms with van der Waals surface area (Å²) in [5.74, 6) is -0.500. The van der Waals surface area contributed by atoms with Gasteiger partial charge in [0.05, 0.1) is 27.6 Å². The van der Waals surface area contributed by atoms with Gasteiger partial charge in [-0.2, -0.15) is 9.78 Å². The van der Waals surface area contributed by atoms with Gasteiger partial charge in [-0.25, -0.2) is 9.78 Å². The minimum atomic E-state index is -1.09. The highest BCUT2D eigenvalue weighted by molar-refractivity contribution is 9.10. The quantitative estimate of drug-likeness (QED) is 0.142. The van der Waals surface area contributed by atoms with Gasteiger partial charge in [0.1, 0.15) is 12.4 Å². The second-order valence-electron chi connectivity index (χ2n) is 9.57. The summed E-state index contributed by atoms with van der Waals surface area (Å²) in [5.41, 5.74) is 0.874. The van der Waals surface area contributed by atoms with Crippen molar-refractivity contribution < 1.29 is 19.6 Å². The molecule has 0 amide bonds. The molecule has 0 spiro atoms. The van der Waals surface area contributed by atoms with Crippen LogP contribution in [0.15, 0.2) is 75.0 Å². The first kappa shape index (κ1) is 27.2. The summed E-state index contributed by atoms with van der Waals surface area (Å²) in [6.07, 6.45) is 6.36. The van der Waals surface area contributed by atoms with Gasteiger partial charge in [0.15, 0.2) is 0 Å². The number of hydrogen-bond donors (Lipinski definition) is 1. The van der Waals surface area contributed by atoms with E-state index in [-0.39, 0.29) is 35.1 Å². The molecular formula is C29H25BrN4O6. The highest BCUT2D eigenvalue weighted by Crippen LogP contribution is 2.33. The van der Waals surface area contributed by atoms with E-state index in [2.05, 4.69) is 21.0 Å². The maximum absolute atomic E-state index is 13.6. The molecule has 40 heavy (non-hydrogen) atoms.